The maximum atomic E-state index is 12.9. The molecule has 2 aromatic rings. The molecule has 2 N–H and O–H groups in total. The number of aliphatic hydroxyl groups excluding tert-OH is 2. The molecule has 7 nitrogen and oxygen atoms in total. The van der Waals surface area contributed by atoms with Gasteiger partial charge in [-0.25, -0.2) is 0 Å². The maximum Gasteiger partial charge on any atom is 0.295 e. The fourth-order valence-corrected chi connectivity index (χ4v) is 3.55. The number of nitrogens with zero attached hydrogens (tertiary/aromatic N) is 1. The number of amides is 1. The summed E-state index contributed by atoms with van der Waals surface area (Å²) in [4.78, 5) is 27.1. The Balaban J connectivity index is 2.11. The number of ketones is 1. The lowest BCUT2D eigenvalue weighted by Crippen LogP contribution is -2.33. The van der Waals surface area contributed by atoms with E-state index < -0.39 is 17.7 Å². The third-order valence-corrected chi connectivity index (χ3v) is 5.06. The number of ether oxygens (including phenoxy) is 2. The van der Waals surface area contributed by atoms with Gasteiger partial charge in [-0.15, -0.1) is 0 Å². The van der Waals surface area contributed by atoms with Crippen LogP contribution in [-0.2, 0) is 14.3 Å². The van der Waals surface area contributed by atoms with Gasteiger partial charge in [-0.2, -0.15) is 0 Å². The molecule has 0 radical (unpaired) electrons. The Morgan fingerprint density at radius 2 is 1.80 bits per heavy atom. The van der Waals surface area contributed by atoms with Gasteiger partial charge in [-0.3, -0.25) is 9.59 Å². The molecule has 0 aromatic heterocycles. The standard InChI is InChI=1S/C22H22ClNO6/c1-29-17-5-3-2-4-16(17)19-18(20(26)14-6-8-15(23)9-7-14)21(27)22(28)24(19)10-12-30-13-11-25/h2-9,19,25-26H,10-13H2,1H3/t19-/m0/s1. The first-order valence-corrected chi connectivity index (χ1v) is 9.73. The summed E-state index contributed by atoms with van der Waals surface area (Å²) in [6.07, 6.45) is 0. The minimum Gasteiger partial charge on any atom is -0.507 e. The summed E-state index contributed by atoms with van der Waals surface area (Å²) < 4.78 is 10.7. The molecule has 1 atom stereocenters. The van der Waals surface area contributed by atoms with Gasteiger partial charge in [0.25, 0.3) is 11.7 Å². The van der Waals surface area contributed by atoms with E-state index in [1.807, 2.05) is 0 Å². The second kappa shape index (κ2) is 9.75. The molecule has 0 bridgehead atoms. The Bertz CT molecular complexity index is 956. The number of para-hydroxylation sites is 1. The predicted molar refractivity (Wildman–Crippen MR) is 111 cm³/mol. The van der Waals surface area contributed by atoms with Crippen molar-refractivity contribution in [3.05, 3.63) is 70.3 Å². The molecule has 1 saturated heterocycles. The van der Waals surface area contributed by atoms with E-state index in [1.165, 1.54) is 12.0 Å². The van der Waals surface area contributed by atoms with Crippen molar-refractivity contribution in [2.45, 2.75) is 6.04 Å². The molecule has 2 aromatic carbocycles. The van der Waals surface area contributed by atoms with Crippen molar-refractivity contribution in [1.29, 1.82) is 0 Å². The average molecular weight is 432 g/mol. The van der Waals surface area contributed by atoms with E-state index in [-0.39, 0.29) is 37.7 Å². The second-order valence-corrected chi connectivity index (χ2v) is 7.01. The van der Waals surface area contributed by atoms with E-state index in [0.29, 0.717) is 21.9 Å². The molecule has 158 valence electrons. The van der Waals surface area contributed by atoms with Crippen LogP contribution in [0.15, 0.2) is 54.1 Å². The number of halogens is 1. The Hall–Kier alpha value is -2.87. The minimum absolute atomic E-state index is 0.0334. The van der Waals surface area contributed by atoms with Crippen molar-refractivity contribution in [2.75, 3.05) is 33.5 Å². The Labute approximate surface area is 179 Å². The fraction of sp³-hybridized carbons (Fsp3) is 0.273. The van der Waals surface area contributed by atoms with Gasteiger partial charge in [0.05, 0.1) is 38.5 Å². The van der Waals surface area contributed by atoms with Gasteiger partial charge in [-0.05, 0) is 30.3 Å². The minimum atomic E-state index is -0.852. The summed E-state index contributed by atoms with van der Waals surface area (Å²) in [6, 6.07) is 12.5. The van der Waals surface area contributed by atoms with E-state index in [2.05, 4.69) is 0 Å². The van der Waals surface area contributed by atoms with Crippen molar-refractivity contribution in [3.63, 3.8) is 0 Å². The molecule has 8 heteroatoms. The van der Waals surface area contributed by atoms with Crippen LogP contribution in [0, 0.1) is 0 Å². The number of benzene rings is 2. The van der Waals surface area contributed by atoms with E-state index in [4.69, 9.17) is 26.2 Å². The van der Waals surface area contributed by atoms with Crippen molar-refractivity contribution >= 4 is 29.1 Å². The van der Waals surface area contributed by atoms with Crippen LogP contribution in [0.2, 0.25) is 5.02 Å². The molecule has 0 spiro atoms. The SMILES string of the molecule is COc1ccccc1[C@H]1C(=C(O)c2ccc(Cl)cc2)C(=O)C(=O)N1CCOCCO. The van der Waals surface area contributed by atoms with E-state index in [0.717, 1.165) is 0 Å². The average Bonchev–Trinajstić information content (AvgIpc) is 3.01. The van der Waals surface area contributed by atoms with Crippen LogP contribution in [0.4, 0.5) is 0 Å². The zero-order chi connectivity index (χ0) is 21.7. The van der Waals surface area contributed by atoms with E-state index >= 15 is 0 Å². The Morgan fingerprint density at radius 3 is 2.47 bits per heavy atom. The summed E-state index contributed by atoms with van der Waals surface area (Å²) in [5.74, 6) is -1.35. The van der Waals surface area contributed by atoms with Crippen LogP contribution < -0.4 is 4.74 Å². The van der Waals surface area contributed by atoms with Crippen molar-refractivity contribution in [3.8, 4) is 5.75 Å². The molecule has 0 aliphatic carbocycles. The molecular formula is C22H22ClNO6. The van der Waals surface area contributed by atoms with Gasteiger partial charge in [0, 0.05) is 22.7 Å². The molecule has 1 heterocycles. The molecular weight excluding hydrogens is 410 g/mol. The number of aliphatic hydroxyl groups is 2. The first kappa shape index (κ1) is 21.8. The summed E-state index contributed by atoms with van der Waals surface area (Å²) in [5, 5.41) is 20.3. The van der Waals surface area contributed by atoms with Crippen LogP contribution in [0.25, 0.3) is 5.76 Å². The smallest absolute Gasteiger partial charge is 0.295 e. The molecule has 1 amide bonds. The van der Waals surface area contributed by atoms with Crippen molar-refractivity contribution in [1.82, 2.24) is 4.90 Å². The molecule has 0 saturated carbocycles. The van der Waals surface area contributed by atoms with Crippen LogP contribution in [0.3, 0.4) is 0 Å². The van der Waals surface area contributed by atoms with Crippen molar-refractivity contribution in [2.24, 2.45) is 0 Å². The highest BCUT2D eigenvalue weighted by molar-refractivity contribution is 6.46. The highest BCUT2D eigenvalue weighted by Crippen LogP contribution is 2.42. The second-order valence-electron chi connectivity index (χ2n) is 6.58. The first-order valence-electron chi connectivity index (χ1n) is 9.35. The summed E-state index contributed by atoms with van der Waals surface area (Å²) in [5.41, 5.74) is 0.902. The fourth-order valence-electron chi connectivity index (χ4n) is 3.42. The lowest BCUT2D eigenvalue weighted by Gasteiger charge is -2.26. The number of rotatable bonds is 8. The number of Topliss-reactive ketones (excluding diaryl/α,β-unsaturated/α-hetero) is 1. The lowest BCUT2D eigenvalue weighted by molar-refractivity contribution is -0.140. The molecule has 1 aliphatic heterocycles. The van der Waals surface area contributed by atoms with E-state index in [9.17, 15) is 14.7 Å². The van der Waals surface area contributed by atoms with Crippen LogP contribution in [0.1, 0.15) is 17.2 Å². The molecule has 1 fully saturated rings. The van der Waals surface area contributed by atoms with Crippen molar-refractivity contribution < 1.29 is 29.3 Å². The highest BCUT2D eigenvalue weighted by Gasteiger charge is 2.46. The summed E-state index contributed by atoms with van der Waals surface area (Å²) in [6.45, 7) is 0.199. The maximum absolute atomic E-state index is 12.9. The van der Waals surface area contributed by atoms with Gasteiger partial charge in [-0.1, -0.05) is 29.8 Å². The number of carbonyl (C=O) groups excluding carboxylic acids is 2. The number of likely N-dealkylation sites (tertiary alicyclic amines) is 1. The number of hydrogen-bond donors (Lipinski definition) is 2. The normalized spacial score (nSPS) is 18.1. The quantitative estimate of drug-likeness (QED) is 0.289. The molecule has 0 unspecified atom stereocenters. The van der Waals surface area contributed by atoms with E-state index in [1.54, 1.807) is 48.5 Å². The highest BCUT2D eigenvalue weighted by atomic mass is 35.5. The first-order chi connectivity index (χ1) is 14.5. The topological polar surface area (TPSA) is 96.3 Å². The van der Waals surface area contributed by atoms with Crippen LogP contribution >= 0.6 is 11.6 Å². The largest absolute Gasteiger partial charge is 0.507 e. The number of methoxy groups -OCH3 is 1. The molecule has 1 aliphatic rings. The third kappa shape index (κ3) is 4.33. The lowest BCUT2D eigenvalue weighted by atomic mass is 9.94. The predicted octanol–water partition coefficient (Wildman–Crippen LogP) is 2.78. The van der Waals surface area contributed by atoms with Gasteiger partial charge in [0.1, 0.15) is 11.5 Å². The van der Waals surface area contributed by atoms with Gasteiger partial charge in [0.15, 0.2) is 0 Å². The third-order valence-electron chi connectivity index (χ3n) is 4.80. The summed E-state index contributed by atoms with van der Waals surface area (Å²) >= 11 is 5.92. The molecule has 3 rings (SSSR count). The number of hydrogen-bond acceptors (Lipinski definition) is 6. The van der Waals surface area contributed by atoms with Crippen LogP contribution in [0.5, 0.6) is 5.75 Å². The van der Waals surface area contributed by atoms with Gasteiger partial charge < -0.3 is 24.6 Å². The zero-order valence-corrected chi connectivity index (χ0v) is 17.1. The van der Waals surface area contributed by atoms with Crippen LogP contribution in [-0.4, -0.2) is 60.3 Å². The summed E-state index contributed by atoms with van der Waals surface area (Å²) in [7, 11) is 1.49. The number of carbonyl (C=O) groups is 2. The molecule has 30 heavy (non-hydrogen) atoms. The zero-order valence-electron chi connectivity index (χ0n) is 16.4. The van der Waals surface area contributed by atoms with Gasteiger partial charge in [0.2, 0.25) is 0 Å². The van der Waals surface area contributed by atoms with Gasteiger partial charge >= 0.3 is 0 Å². The Kier molecular flexibility index (Phi) is 7.10. The Morgan fingerprint density at radius 1 is 1.10 bits per heavy atom. The monoisotopic (exact) mass is 431 g/mol.